The number of fused-ring (bicyclic) bond motifs is 3. The van der Waals surface area contributed by atoms with E-state index in [1.807, 2.05) is 23.1 Å². The molecule has 3 fully saturated rings. The van der Waals surface area contributed by atoms with Gasteiger partial charge < -0.3 is 9.64 Å². The monoisotopic (exact) mass is 548 g/mol. The number of piperazine rings is 1. The van der Waals surface area contributed by atoms with Crippen molar-refractivity contribution < 1.29 is 4.74 Å². The van der Waals surface area contributed by atoms with Gasteiger partial charge in [-0.3, -0.25) is 19.8 Å². The molecule has 0 saturated carbocycles. The van der Waals surface area contributed by atoms with Crippen molar-refractivity contribution in [1.82, 2.24) is 39.3 Å². The van der Waals surface area contributed by atoms with E-state index in [1.165, 1.54) is 12.0 Å². The van der Waals surface area contributed by atoms with Crippen LogP contribution in [-0.4, -0.2) is 91.3 Å². The van der Waals surface area contributed by atoms with E-state index in [0.29, 0.717) is 23.5 Å². The Kier molecular flexibility index (Phi) is 6.57. The number of methoxy groups -OCH3 is 1. The first-order chi connectivity index (χ1) is 20.1. The molecule has 8 heterocycles. The Bertz CT molecular complexity index is 1630. The molecule has 0 aliphatic carbocycles. The smallest absolute Gasteiger partial charge is 0.231 e. The maximum atomic E-state index is 9.77. The van der Waals surface area contributed by atoms with Crippen molar-refractivity contribution >= 4 is 16.9 Å². The first kappa shape index (κ1) is 25.6. The molecule has 11 heteroatoms. The maximum Gasteiger partial charge on any atom is 0.231 e. The molecule has 11 nitrogen and oxygen atoms in total. The highest BCUT2D eigenvalue weighted by molar-refractivity contribution is 5.85. The molecule has 2 bridgehead atoms. The molecule has 8 rings (SSSR count). The predicted molar refractivity (Wildman–Crippen MR) is 154 cm³/mol. The summed E-state index contributed by atoms with van der Waals surface area (Å²) in [7, 11) is 1.60. The lowest BCUT2D eigenvalue weighted by molar-refractivity contribution is -0.00981. The average Bonchev–Trinajstić information content (AvgIpc) is 3.47. The number of piperidine rings is 1. The van der Waals surface area contributed by atoms with Crippen LogP contribution in [0.15, 0.2) is 49.3 Å². The van der Waals surface area contributed by atoms with Gasteiger partial charge in [-0.05, 0) is 36.6 Å². The van der Waals surface area contributed by atoms with Gasteiger partial charge in [-0.1, -0.05) is 13.0 Å². The molecule has 4 aromatic rings. The third kappa shape index (κ3) is 4.69. The Balaban J connectivity index is 1.11. The lowest BCUT2D eigenvalue weighted by atomic mass is 9.87. The van der Waals surface area contributed by atoms with E-state index in [-0.39, 0.29) is 0 Å². The SMILES string of the molecule is CCN1CC=C(c2cc(-c3cnc(N4CC5C[C@@H](C4)N5Cc4cnc(OC)cn4)cn3)c3c(C#N)cnn3c2)CC1. The summed E-state index contributed by atoms with van der Waals surface area (Å²) in [5, 5.41) is 14.3. The fraction of sp³-hybridized carbons (Fsp3) is 0.400. The zero-order chi connectivity index (χ0) is 27.9. The molecule has 4 aliphatic heterocycles. The molecule has 0 N–H and O–H groups in total. The minimum Gasteiger partial charge on any atom is -0.480 e. The lowest BCUT2D eigenvalue weighted by Crippen LogP contribution is -2.68. The van der Waals surface area contributed by atoms with Crippen LogP contribution in [0.25, 0.3) is 22.3 Å². The number of aromatic nitrogens is 6. The molecule has 3 saturated heterocycles. The number of likely N-dealkylation sites (N-methyl/N-ethyl adjacent to an activating group) is 1. The fourth-order valence-corrected chi connectivity index (χ4v) is 6.31. The molecule has 2 atom stereocenters. The van der Waals surface area contributed by atoms with E-state index in [1.54, 1.807) is 25.7 Å². The molecule has 41 heavy (non-hydrogen) atoms. The quantitative estimate of drug-likeness (QED) is 0.342. The van der Waals surface area contributed by atoms with Crippen molar-refractivity contribution in [2.75, 3.05) is 44.7 Å². The van der Waals surface area contributed by atoms with Gasteiger partial charge in [0, 0.05) is 56.6 Å². The molecule has 208 valence electrons. The van der Waals surface area contributed by atoms with Crippen molar-refractivity contribution in [2.24, 2.45) is 0 Å². The van der Waals surface area contributed by atoms with E-state index in [0.717, 1.165) is 79.5 Å². The first-order valence-corrected chi connectivity index (χ1v) is 14.1. The second-order valence-electron chi connectivity index (χ2n) is 10.9. The molecule has 4 aromatic heterocycles. The van der Waals surface area contributed by atoms with Crippen LogP contribution in [0.3, 0.4) is 0 Å². The van der Waals surface area contributed by atoms with Crippen LogP contribution in [0.5, 0.6) is 5.88 Å². The van der Waals surface area contributed by atoms with Crippen molar-refractivity contribution in [3.63, 3.8) is 0 Å². The largest absolute Gasteiger partial charge is 0.480 e. The molecule has 1 unspecified atom stereocenters. The zero-order valence-corrected chi connectivity index (χ0v) is 23.3. The number of hydrogen-bond acceptors (Lipinski definition) is 10. The Morgan fingerprint density at radius 2 is 1.93 bits per heavy atom. The standard InChI is InChI=1S/C30H32N10O/c1-3-37-6-4-20(5-7-37)21-8-26(30-22(10-31)11-36-40(30)16-21)27-13-34-28(14-33-27)38-18-24-9-25(19-38)39(24)17-23-12-35-29(41-2)15-32-23/h4,8,11-16,24-25H,3,5-7,9,17-19H2,1-2H3/t24-,25?/m0/s1. The second kappa shape index (κ2) is 10.5. The predicted octanol–water partition coefficient (Wildman–Crippen LogP) is 3.03. The summed E-state index contributed by atoms with van der Waals surface area (Å²) >= 11 is 0. The van der Waals surface area contributed by atoms with Gasteiger partial charge in [0.25, 0.3) is 0 Å². The zero-order valence-electron chi connectivity index (χ0n) is 23.3. The topological polar surface area (TPSA) is 112 Å². The molecule has 0 spiro atoms. The van der Waals surface area contributed by atoms with Gasteiger partial charge in [-0.25, -0.2) is 14.5 Å². The van der Waals surface area contributed by atoms with Gasteiger partial charge in [0.2, 0.25) is 5.88 Å². The third-order valence-corrected chi connectivity index (χ3v) is 8.66. The van der Waals surface area contributed by atoms with Crippen molar-refractivity contribution in [2.45, 2.75) is 38.4 Å². The molecular formula is C30H32N10O. The highest BCUT2D eigenvalue weighted by Gasteiger charge is 2.45. The van der Waals surface area contributed by atoms with Crippen LogP contribution >= 0.6 is 0 Å². The van der Waals surface area contributed by atoms with Gasteiger partial charge in [0.1, 0.15) is 11.9 Å². The minimum atomic E-state index is 0.452. The Hall–Kier alpha value is -4.40. The molecule has 0 amide bonds. The summed E-state index contributed by atoms with van der Waals surface area (Å²) in [5.41, 5.74) is 6.28. The molecule has 4 aliphatic rings. The maximum absolute atomic E-state index is 9.77. The highest BCUT2D eigenvalue weighted by Crippen LogP contribution is 2.36. The number of ether oxygens (including phenoxy) is 1. The summed E-state index contributed by atoms with van der Waals surface area (Å²) < 4.78 is 6.94. The number of nitrogens with zero attached hydrogens (tertiary/aromatic N) is 10. The Morgan fingerprint density at radius 3 is 2.59 bits per heavy atom. The first-order valence-electron chi connectivity index (χ1n) is 14.1. The van der Waals surface area contributed by atoms with Crippen LogP contribution in [0.1, 0.15) is 36.6 Å². The number of rotatable bonds is 7. The van der Waals surface area contributed by atoms with Crippen LogP contribution in [0.4, 0.5) is 5.82 Å². The van der Waals surface area contributed by atoms with Crippen LogP contribution in [0.2, 0.25) is 0 Å². The van der Waals surface area contributed by atoms with Gasteiger partial charge in [0.15, 0.2) is 0 Å². The van der Waals surface area contributed by atoms with E-state index in [9.17, 15) is 5.26 Å². The van der Waals surface area contributed by atoms with Gasteiger partial charge in [0.05, 0.1) is 60.6 Å². The Morgan fingerprint density at radius 1 is 1.05 bits per heavy atom. The summed E-state index contributed by atoms with van der Waals surface area (Å²) in [6.07, 6.45) is 15.3. The van der Waals surface area contributed by atoms with Crippen molar-refractivity contribution in [3.8, 4) is 23.2 Å². The van der Waals surface area contributed by atoms with E-state index in [4.69, 9.17) is 14.7 Å². The van der Waals surface area contributed by atoms with Crippen LogP contribution in [-0.2, 0) is 6.54 Å². The summed E-state index contributed by atoms with van der Waals surface area (Å²) in [4.78, 5) is 25.7. The van der Waals surface area contributed by atoms with Crippen molar-refractivity contribution in [3.05, 3.63) is 66.1 Å². The summed E-state index contributed by atoms with van der Waals surface area (Å²) in [5.74, 6) is 1.41. The molecular weight excluding hydrogens is 516 g/mol. The van der Waals surface area contributed by atoms with Gasteiger partial charge in [-0.15, -0.1) is 0 Å². The fourth-order valence-electron chi connectivity index (χ4n) is 6.31. The van der Waals surface area contributed by atoms with Gasteiger partial charge in [-0.2, -0.15) is 10.4 Å². The van der Waals surface area contributed by atoms with Gasteiger partial charge >= 0.3 is 0 Å². The number of nitriles is 1. The average molecular weight is 549 g/mol. The molecule has 0 aromatic carbocycles. The van der Waals surface area contributed by atoms with Crippen LogP contribution in [0, 0.1) is 11.3 Å². The second-order valence-corrected chi connectivity index (χ2v) is 10.9. The molecule has 0 radical (unpaired) electrons. The normalized spacial score (nSPS) is 20.9. The highest BCUT2D eigenvalue weighted by atomic mass is 16.5. The summed E-state index contributed by atoms with van der Waals surface area (Å²) in [6, 6.07) is 5.34. The van der Waals surface area contributed by atoms with E-state index >= 15 is 0 Å². The van der Waals surface area contributed by atoms with E-state index in [2.05, 4.69) is 54.9 Å². The van der Waals surface area contributed by atoms with E-state index < -0.39 is 0 Å². The minimum absolute atomic E-state index is 0.452. The van der Waals surface area contributed by atoms with Crippen LogP contribution < -0.4 is 9.64 Å². The Labute approximate surface area is 238 Å². The third-order valence-electron chi connectivity index (χ3n) is 8.66. The number of anilines is 1. The number of pyridine rings is 1. The van der Waals surface area contributed by atoms with Crippen molar-refractivity contribution in [1.29, 1.82) is 5.26 Å². The summed E-state index contributed by atoms with van der Waals surface area (Å²) in [6.45, 7) is 7.81. The number of hydrogen-bond donors (Lipinski definition) is 0. The lowest BCUT2D eigenvalue weighted by Gasteiger charge is -2.56.